The first-order chi connectivity index (χ1) is 7.21. The van der Waals surface area contributed by atoms with Gasteiger partial charge in [-0.1, -0.05) is 11.6 Å². The van der Waals surface area contributed by atoms with Gasteiger partial charge in [-0.05, 0) is 56.9 Å². The highest BCUT2D eigenvalue weighted by atomic mass is 35.5. The minimum absolute atomic E-state index is 0.394. The second kappa shape index (κ2) is 4.27. The maximum Gasteiger partial charge on any atom is 0.140 e. The number of hydrogen-bond donors (Lipinski definition) is 1. The molecule has 1 rings (SSSR count). The van der Waals surface area contributed by atoms with Gasteiger partial charge in [-0.2, -0.15) is 0 Å². The van der Waals surface area contributed by atoms with Crippen molar-refractivity contribution in [1.29, 1.82) is 0 Å². The Labute approximate surface area is 103 Å². The molecule has 0 spiro atoms. The van der Waals surface area contributed by atoms with E-state index in [0.29, 0.717) is 5.02 Å². The molecule has 0 amide bonds. The monoisotopic (exact) mass is 241 g/mol. The molecule has 16 heavy (non-hydrogen) atoms. The highest BCUT2D eigenvalue weighted by molar-refractivity contribution is 6.33. The minimum Gasteiger partial charge on any atom is -0.495 e. The number of ether oxygens (including phenoxy) is 1. The van der Waals surface area contributed by atoms with Gasteiger partial charge in [-0.3, -0.25) is 0 Å². The van der Waals surface area contributed by atoms with Crippen LogP contribution in [-0.2, 0) is 5.54 Å². The topological polar surface area (TPSA) is 35.2 Å². The third kappa shape index (κ3) is 2.04. The molecule has 1 aromatic rings. The lowest BCUT2D eigenvalue weighted by Gasteiger charge is -2.27. The Balaban J connectivity index is 3.67. The van der Waals surface area contributed by atoms with Gasteiger partial charge in [0.05, 0.1) is 12.1 Å². The lowest BCUT2D eigenvalue weighted by molar-refractivity contribution is 0.410. The van der Waals surface area contributed by atoms with E-state index in [1.54, 1.807) is 7.11 Å². The third-order valence-electron chi connectivity index (χ3n) is 3.03. The van der Waals surface area contributed by atoms with Crippen molar-refractivity contribution in [2.75, 3.05) is 7.11 Å². The number of rotatable bonds is 2. The average molecular weight is 242 g/mol. The molecule has 0 bridgehead atoms. The third-order valence-corrected chi connectivity index (χ3v) is 3.49. The van der Waals surface area contributed by atoms with Gasteiger partial charge in [0.25, 0.3) is 0 Å². The summed E-state index contributed by atoms with van der Waals surface area (Å²) >= 11 is 6.30. The van der Waals surface area contributed by atoms with Crippen LogP contribution in [0.15, 0.2) is 0 Å². The largest absolute Gasteiger partial charge is 0.495 e. The highest BCUT2D eigenvalue weighted by Gasteiger charge is 2.25. The molecule has 0 radical (unpaired) electrons. The molecule has 0 saturated carbocycles. The van der Waals surface area contributed by atoms with Gasteiger partial charge < -0.3 is 10.5 Å². The molecule has 0 atom stereocenters. The van der Waals surface area contributed by atoms with E-state index in [2.05, 4.69) is 6.92 Å². The van der Waals surface area contributed by atoms with Gasteiger partial charge in [0.1, 0.15) is 5.75 Å². The molecule has 0 aliphatic heterocycles. The molecule has 0 heterocycles. The van der Waals surface area contributed by atoms with Gasteiger partial charge in [0.15, 0.2) is 0 Å². The number of nitrogens with two attached hydrogens (primary N) is 1. The molecular weight excluding hydrogens is 222 g/mol. The van der Waals surface area contributed by atoms with Crippen molar-refractivity contribution < 1.29 is 4.74 Å². The van der Waals surface area contributed by atoms with E-state index < -0.39 is 5.54 Å². The summed E-state index contributed by atoms with van der Waals surface area (Å²) in [7, 11) is 1.64. The second-order valence-corrected chi connectivity index (χ2v) is 5.20. The standard InChI is InChI=1S/C13H20ClNO/c1-7-8(2)12(16-6)11(14)9(3)10(7)13(4,5)15/h15H2,1-6H3. The summed E-state index contributed by atoms with van der Waals surface area (Å²) in [5, 5.41) is 0.666. The Morgan fingerprint density at radius 1 is 1.06 bits per heavy atom. The van der Waals surface area contributed by atoms with Crippen molar-refractivity contribution in [2.24, 2.45) is 5.73 Å². The van der Waals surface area contributed by atoms with E-state index in [0.717, 1.165) is 28.0 Å². The van der Waals surface area contributed by atoms with Crippen LogP contribution in [0.4, 0.5) is 0 Å². The quantitative estimate of drug-likeness (QED) is 0.861. The van der Waals surface area contributed by atoms with E-state index in [1.807, 2.05) is 27.7 Å². The zero-order chi connectivity index (χ0) is 12.7. The molecule has 1 aromatic carbocycles. The summed E-state index contributed by atoms with van der Waals surface area (Å²) in [6.45, 7) is 10.0. The fraction of sp³-hybridized carbons (Fsp3) is 0.538. The lowest BCUT2D eigenvalue weighted by Crippen LogP contribution is -2.31. The summed E-state index contributed by atoms with van der Waals surface area (Å²) in [5.74, 6) is 0.754. The van der Waals surface area contributed by atoms with Crippen LogP contribution >= 0.6 is 11.6 Å². The Bertz CT molecular complexity index is 390. The molecule has 0 fully saturated rings. The van der Waals surface area contributed by atoms with Crippen LogP contribution in [0.1, 0.15) is 36.1 Å². The van der Waals surface area contributed by atoms with Gasteiger partial charge in [-0.15, -0.1) is 0 Å². The zero-order valence-electron chi connectivity index (χ0n) is 10.9. The van der Waals surface area contributed by atoms with Crippen molar-refractivity contribution in [3.8, 4) is 5.75 Å². The molecule has 0 saturated heterocycles. The number of benzene rings is 1. The first kappa shape index (κ1) is 13.3. The van der Waals surface area contributed by atoms with E-state index in [9.17, 15) is 0 Å². The first-order valence-corrected chi connectivity index (χ1v) is 5.72. The van der Waals surface area contributed by atoms with Gasteiger partial charge >= 0.3 is 0 Å². The van der Waals surface area contributed by atoms with Gasteiger partial charge in [0.2, 0.25) is 0 Å². The van der Waals surface area contributed by atoms with Crippen molar-refractivity contribution in [2.45, 2.75) is 40.2 Å². The summed E-state index contributed by atoms with van der Waals surface area (Å²) in [5.41, 5.74) is 10.1. The Morgan fingerprint density at radius 2 is 1.56 bits per heavy atom. The van der Waals surface area contributed by atoms with Crippen LogP contribution in [0.2, 0.25) is 5.02 Å². The smallest absolute Gasteiger partial charge is 0.140 e. The van der Waals surface area contributed by atoms with Crippen molar-refractivity contribution in [1.82, 2.24) is 0 Å². The minimum atomic E-state index is -0.394. The molecule has 0 aromatic heterocycles. The van der Waals surface area contributed by atoms with E-state index in [-0.39, 0.29) is 0 Å². The van der Waals surface area contributed by atoms with Gasteiger partial charge in [0, 0.05) is 5.54 Å². The zero-order valence-corrected chi connectivity index (χ0v) is 11.6. The van der Waals surface area contributed by atoms with Crippen LogP contribution in [0.5, 0.6) is 5.75 Å². The molecule has 0 aliphatic rings. The average Bonchev–Trinajstić information content (AvgIpc) is 2.14. The predicted molar refractivity (Wildman–Crippen MR) is 69.4 cm³/mol. The van der Waals surface area contributed by atoms with Crippen LogP contribution in [-0.4, -0.2) is 7.11 Å². The summed E-state index contributed by atoms with van der Waals surface area (Å²) in [4.78, 5) is 0. The van der Waals surface area contributed by atoms with Crippen molar-refractivity contribution in [3.63, 3.8) is 0 Å². The summed E-state index contributed by atoms with van der Waals surface area (Å²) in [6.07, 6.45) is 0. The Hall–Kier alpha value is -0.730. The van der Waals surface area contributed by atoms with Crippen LogP contribution < -0.4 is 10.5 Å². The Kier molecular flexibility index (Phi) is 3.56. The molecule has 0 unspecified atom stereocenters. The SMILES string of the molecule is COc1c(C)c(C)c(C(C)(C)N)c(C)c1Cl. The highest BCUT2D eigenvalue weighted by Crippen LogP contribution is 2.39. The summed E-state index contributed by atoms with van der Waals surface area (Å²) < 4.78 is 5.33. The van der Waals surface area contributed by atoms with Crippen LogP contribution in [0, 0.1) is 20.8 Å². The number of hydrogen-bond acceptors (Lipinski definition) is 2. The number of methoxy groups -OCH3 is 1. The maximum absolute atomic E-state index is 6.30. The van der Waals surface area contributed by atoms with Crippen molar-refractivity contribution in [3.05, 3.63) is 27.3 Å². The van der Waals surface area contributed by atoms with Crippen molar-refractivity contribution >= 4 is 11.6 Å². The van der Waals surface area contributed by atoms with E-state index >= 15 is 0 Å². The molecule has 90 valence electrons. The van der Waals surface area contributed by atoms with Crippen LogP contribution in [0.3, 0.4) is 0 Å². The lowest BCUT2D eigenvalue weighted by atomic mass is 9.85. The molecule has 3 heteroatoms. The molecular formula is C13H20ClNO. The van der Waals surface area contributed by atoms with E-state index in [4.69, 9.17) is 22.1 Å². The normalized spacial score (nSPS) is 11.8. The van der Waals surface area contributed by atoms with Gasteiger partial charge in [-0.25, -0.2) is 0 Å². The molecule has 2 N–H and O–H groups in total. The van der Waals surface area contributed by atoms with Crippen LogP contribution in [0.25, 0.3) is 0 Å². The first-order valence-electron chi connectivity index (χ1n) is 5.34. The number of halogens is 1. The fourth-order valence-electron chi connectivity index (χ4n) is 2.29. The second-order valence-electron chi connectivity index (χ2n) is 4.82. The molecule has 0 aliphatic carbocycles. The maximum atomic E-state index is 6.30. The van der Waals surface area contributed by atoms with E-state index in [1.165, 1.54) is 0 Å². The Morgan fingerprint density at radius 3 is 1.94 bits per heavy atom. The molecule has 2 nitrogen and oxygen atoms in total. The predicted octanol–water partition coefficient (Wildman–Crippen LogP) is 3.47. The summed E-state index contributed by atoms with van der Waals surface area (Å²) in [6, 6.07) is 0. The fourth-order valence-corrected chi connectivity index (χ4v) is 2.61.